The second kappa shape index (κ2) is 6.64. The third-order valence-electron chi connectivity index (χ3n) is 4.95. The number of halogens is 1. The van der Waals surface area contributed by atoms with E-state index in [1.165, 1.54) is 5.56 Å². The van der Waals surface area contributed by atoms with Crippen LogP contribution in [0.15, 0.2) is 46.9 Å². The van der Waals surface area contributed by atoms with E-state index in [0.29, 0.717) is 13.0 Å². The molecule has 0 saturated heterocycles. The summed E-state index contributed by atoms with van der Waals surface area (Å²) in [6.45, 7) is 0.812. The Kier molecular flexibility index (Phi) is 4.34. The molecule has 128 valence electrons. The summed E-state index contributed by atoms with van der Waals surface area (Å²) in [5.41, 5.74) is 4.16. The lowest BCUT2D eigenvalue weighted by atomic mass is 10.00. The fourth-order valence-electron chi connectivity index (χ4n) is 3.72. The molecule has 0 atom stereocenters. The third kappa shape index (κ3) is 3.09. The van der Waals surface area contributed by atoms with Crippen molar-refractivity contribution in [2.75, 3.05) is 22.9 Å². The summed E-state index contributed by atoms with van der Waals surface area (Å²) in [5.74, 6) is 0.00438. The molecule has 4 rings (SSSR count). The van der Waals surface area contributed by atoms with Gasteiger partial charge in [0.05, 0.1) is 0 Å². The summed E-state index contributed by atoms with van der Waals surface area (Å²) in [5, 5.41) is 0. The van der Waals surface area contributed by atoms with E-state index < -0.39 is 0 Å². The molecule has 0 radical (unpaired) electrons. The van der Waals surface area contributed by atoms with Crippen molar-refractivity contribution in [3.8, 4) is 0 Å². The Hall–Kier alpha value is -2.14. The monoisotopic (exact) mass is 398 g/mol. The molecule has 0 aliphatic carbocycles. The van der Waals surface area contributed by atoms with Crippen LogP contribution in [0.5, 0.6) is 0 Å². The van der Waals surface area contributed by atoms with Gasteiger partial charge in [0.2, 0.25) is 11.8 Å². The van der Waals surface area contributed by atoms with E-state index in [9.17, 15) is 9.59 Å². The van der Waals surface area contributed by atoms with Crippen LogP contribution in [-0.2, 0) is 22.4 Å². The lowest BCUT2D eigenvalue weighted by Gasteiger charge is -2.34. The lowest BCUT2D eigenvalue weighted by Crippen LogP contribution is -2.46. The second-order valence-corrected chi connectivity index (χ2v) is 7.45. The predicted octanol–water partition coefficient (Wildman–Crippen LogP) is 3.71. The average Bonchev–Trinajstić information content (AvgIpc) is 2.63. The van der Waals surface area contributed by atoms with E-state index >= 15 is 0 Å². The third-order valence-corrected chi connectivity index (χ3v) is 5.44. The van der Waals surface area contributed by atoms with E-state index in [1.807, 2.05) is 41.3 Å². The predicted molar refractivity (Wildman–Crippen MR) is 102 cm³/mol. The Balaban J connectivity index is 1.61. The number of carbonyl (C=O) groups excluding carboxylic acids is 2. The van der Waals surface area contributed by atoms with E-state index in [-0.39, 0.29) is 18.4 Å². The number of hydrogen-bond donors (Lipinski definition) is 0. The summed E-state index contributed by atoms with van der Waals surface area (Å²) in [6, 6.07) is 13.9. The molecule has 4 nitrogen and oxygen atoms in total. The fourth-order valence-corrected chi connectivity index (χ4v) is 4.12. The van der Waals surface area contributed by atoms with E-state index in [4.69, 9.17) is 0 Å². The first kappa shape index (κ1) is 16.3. The molecule has 2 aliphatic heterocycles. The quantitative estimate of drug-likeness (QED) is 0.773. The molecule has 2 amide bonds. The van der Waals surface area contributed by atoms with Crippen molar-refractivity contribution in [1.82, 2.24) is 0 Å². The van der Waals surface area contributed by atoms with Crippen LogP contribution in [0.25, 0.3) is 0 Å². The van der Waals surface area contributed by atoms with Gasteiger partial charge in [-0.2, -0.15) is 0 Å². The number of nitrogens with zero attached hydrogens (tertiary/aromatic N) is 2. The Bertz CT molecular complexity index is 849. The van der Waals surface area contributed by atoms with E-state index in [1.54, 1.807) is 4.90 Å². The standard InChI is InChI=1S/C20H19BrN2O2/c21-16-8-9-18-15(12-16)7-10-19(24)23(18)13-20(25)22-11-3-5-14-4-1-2-6-17(14)22/h1-2,4,6,8-9,12H,3,5,7,10-11,13H2. The summed E-state index contributed by atoms with van der Waals surface area (Å²) in [6.07, 6.45) is 3.14. The van der Waals surface area contributed by atoms with Crippen LogP contribution in [0.2, 0.25) is 0 Å². The highest BCUT2D eigenvalue weighted by Crippen LogP contribution is 2.31. The molecule has 0 unspecified atom stereocenters. The molecule has 2 aliphatic rings. The van der Waals surface area contributed by atoms with Gasteiger partial charge in [-0.25, -0.2) is 0 Å². The van der Waals surface area contributed by atoms with Gasteiger partial charge in [0.25, 0.3) is 0 Å². The summed E-state index contributed by atoms with van der Waals surface area (Å²) in [7, 11) is 0. The molecule has 2 heterocycles. The smallest absolute Gasteiger partial charge is 0.247 e. The van der Waals surface area contributed by atoms with Crippen LogP contribution in [0.3, 0.4) is 0 Å². The van der Waals surface area contributed by atoms with Gasteiger partial charge in [-0.05, 0) is 54.7 Å². The van der Waals surface area contributed by atoms with Crippen molar-refractivity contribution in [3.05, 3.63) is 58.1 Å². The van der Waals surface area contributed by atoms with Crippen LogP contribution in [0.1, 0.15) is 24.0 Å². The minimum Gasteiger partial charge on any atom is -0.311 e. The molecule has 0 N–H and O–H groups in total. The zero-order chi connectivity index (χ0) is 17.4. The van der Waals surface area contributed by atoms with Gasteiger partial charge in [-0.15, -0.1) is 0 Å². The SMILES string of the molecule is O=C(CN1C(=O)CCc2cc(Br)ccc21)N1CCCc2ccccc21. The normalized spacial score (nSPS) is 16.4. The second-order valence-electron chi connectivity index (χ2n) is 6.53. The maximum Gasteiger partial charge on any atom is 0.247 e. The molecule has 5 heteroatoms. The number of benzene rings is 2. The first-order valence-corrected chi connectivity index (χ1v) is 9.40. The molecule has 0 fully saturated rings. The molecule has 0 aromatic heterocycles. The number of carbonyl (C=O) groups is 2. The van der Waals surface area contributed by atoms with Crippen LogP contribution >= 0.6 is 15.9 Å². The number of anilines is 2. The van der Waals surface area contributed by atoms with Gasteiger partial charge >= 0.3 is 0 Å². The summed E-state index contributed by atoms with van der Waals surface area (Å²) < 4.78 is 0.997. The van der Waals surface area contributed by atoms with Gasteiger partial charge < -0.3 is 9.80 Å². The maximum atomic E-state index is 13.0. The molecule has 0 spiro atoms. The molecule has 0 bridgehead atoms. The Labute approximate surface area is 155 Å². The van der Waals surface area contributed by atoms with Gasteiger partial charge in [-0.3, -0.25) is 9.59 Å². The largest absolute Gasteiger partial charge is 0.311 e. The van der Waals surface area contributed by atoms with Gasteiger partial charge in [-0.1, -0.05) is 34.1 Å². The number of aryl methyl sites for hydroxylation is 2. The fraction of sp³-hybridized carbons (Fsp3) is 0.300. The van der Waals surface area contributed by atoms with Crippen LogP contribution in [-0.4, -0.2) is 24.9 Å². The zero-order valence-electron chi connectivity index (χ0n) is 13.9. The minimum atomic E-state index is -0.0173. The zero-order valence-corrected chi connectivity index (χ0v) is 15.5. The molecular formula is C20H19BrN2O2. The average molecular weight is 399 g/mol. The number of amides is 2. The van der Waals surface area contributed by atoms with Gasteiger partial charge in [0.15, 0.2) is 0 Å². The highest BCUT2D eigenvalue weighted by atomic mass is 79.9. The van der Waals surface area contributed by atoms with E-state index in [0.717, 1.165) is 40.7 Å². The Morgan fingerprint density at radius 3 is 2.72 bits per heavy atom. The van der Waals surface area contributed by atoms with Crippen LogP contribution < -0.4 is 9.80 Å². The summed E-state index contributed by atoms with van der Waals surface area (Å²) >= 11 is 3.48. The van der Waals surface area contributed by atoms with Crippen molar-refractivity contribution in [2.45, 2.75) is 25.7 Å². The highest BCUT2D eigenvalue weighted by molar-refractivity contribution is 9.10. The number of hydrogen-bond acceptors (Lipinski definition) is 2. The van der Waals surface area contributed by atoms with Gasteiger partial charge in [0, 0.05) is 28.8 Å². The number of fused-ring (bicyclic) bond motifs is 2. The maximum absolute atomic E-state index is 13.0. The van der Waals surface area contributed by atoms with Crippen molar-refractivity contribution in [3.63, 3.8) is 0 Å². The van der Waals surface area contributed by atoms with Crippen molar-refractivity contribution < 1.29 is 9.59 Å². The lowest BCUT2D eigenvalue weighted by molar-refractivity contribution is -0.122. The first-order chi connectivity index (χ1) is 12.1. The molecule has 25 heavy (non-hydrogen) atoms. The molecule has 2 aromatic carbocycles. The van der Waals surface area contributed by atoms with Crippen LogP contribution in [0.4, 0.5) is 11.4 Å². The molecule has 0 saturated carbocycles. The Morgan fingerprint density at radius 1 is 1.00 bits per heavy atom. The Morgan fingerprint density at radius 2 is 1.84 bits per heavy atom. The molecule has 2 aromatic rings. The highest BCUT2D eigenvalue weighted by Gasteiger charge is 2.29. The van der Waals surface area contributed by atoms with Crippen molar-refractivity contribution in [2.24, 2.45) is 0 Å². The summed E-state index contributed by atoms with van der Waals surface area (Å²) in [4.78, 5) is 28.9. The van der Waals surface area contributed by atoms with Gasteiger partial charge in [0.1, 0.15) is 6.54 Å². The van der Waals surface area contributed by atoms with E-state index in [2.05, 4.69) is 22.0 Å². The molecular weight excluding hydrogens is 380 g/mol. The number of rotatable bonds is 2. The number of para-hydroxylation sites is 1. The topological polar surface area (TPSA) is 40.6 Å². The van der Waals surface area contributed by atoms with Crippen molar-refractivity contribution >= 4 is 39.1 Å². The van der Waals surface area contributed by atoms with Crippen molar-refractivity contribution in [1.29, 1.82) is 0 Å². The first-order valence-electron chi connectivity index (χ1n) is 8.60. The minimum absolute atomic E-state index is 0.0173. The van der Waals surface area contributed by atoms with Crippen LogP contribution in [0, 0.1) is 0 Å².